The standard InChI is InChI=1S/C19H19NO3S/c1-3-7-17-20-18(19(23-17)15-8-5-4-6-9-15)14-10-12-16(13-11-14)24(2,21)22/h4-6,8-13H,3,7H2,1-2H3. The Bertz CT molecular complexity index is 927. The van der Waals surface area contributed by atoms with Crippen molar-refractivity contribution >= 4 is 9.84 Å². The van der Waals surface area contributed by atoms with Crippen LogP contribution in [0.15, 0.2) is 63.9 Å². The molecule has 5 heteroatoms. The Morgan fingerprint density at radius 2 is 1.62 bits per heavy atom. The number of nitrogens with zero attached hydrogens (tertiary/aromatic N) is 1. The van der Waals surface area contributed by atoms with Crippen molar-refractivity contribution in [2.45, 2.75) is 24.7 Å². The molecule has 0 aliphatic heterocycles. The highest BCUT2D eigenvalue weighted by molar-refractivity contribution is 7.90. The van der Waals surface area contributed by atoms with Crippen LogP contribution in [0.4, 0.5) is 0 Å². The topological polar surface area (TPSA) is 60.2 Å². The second kappa shape index (κ2) is 6.61. The van der Waals surface area contributed by atoms with Crippen LogP contribution in [-0.2, 0) is 16.3 Å². The van der Waals surface area contributed by atoms with E-state index in [0.717, 1.165) is 29.7 Å². The molecule has 4 nitrogen and oxygen atoms in total. The van der Waals surface area contributed by atoms with E-state index in [1.54, 1.807) is 24.3 Å². The third-order valence-electron chi connectivity index (χ3n) is 3.73. The van der Waals surface area contributed by atoms with Crippen LogP contribution < -0.4 is 0 Å². The molecule has 0 unspecified atom stereocenters. The number of hydrogen-bond acceptors (Lipinski definition) is 4. The van der Waals surface area contributed by atoms with E-state index in [2.05, 4.69) is 11.9 Å². The van der Waals surface area contributed by atoms with Crippen LogP contribution in [0.3, 0.4) is 0 Å². The molecule has 0 N–H and O–H groups in total. The molecule has 0 aliphatic rings. The van der Waals surface area contributed by atoms with Crippen LogP contribution in [0.1, 0.15) is 19.2 Å². The first kappa shape index (κ1) is 16.5. The molecule has 3 rings (SSSR count). The lowest BCUT2D eigenvalue weighted by Gasteiger charge is -2.03. The predicted molar refractivity (Wildman–Crippen MR) is 94.5 cm³/mol. The van der Waals surface area contributed by atoms with Crippen molar-refractivity contribution in [3.63, 3.8) is 0 Å². The van der Waals surface area contributed by atoms with E-state index < -0.39 is 9.84 Å². The van der Waals surface area contributed by atoms with Gasteiger partial charge in [0.15, 0.2) is 21.5 Å². The minimum Gasteiger partial charge on any atom is -0.440 e. The SMILES string of the molecule is CCCc1nc(-c2ccc(S(C)(=O)=O)cc2)c(-c2ccccc2)o1. The van der Waals surface area contributed by atoms with Crippen LogP contribution in [0.2, 0.25) is 0 Å². The largest absolute Gasteiger partial charge is 0.440 e. The number of oxazole rings is 1. The smallest absolute Gasteiger partial charge is 0.195 e. The van der Waals surface area contributed by atoms with E-state index in [1.807, 2.05) is 30.3 Å². The van der Waals surface area contributed by atoms with Gasteiger partial charge in [0.25, 0.3) is 0 Å². The second-order valence-corrected chi connectivity index (χ2v) is 7.71. The van der Waals surface area contributed by atoms with E-state index in [0.29, 0.717) is 16.5 Å². The summed E-state index contributed by atoms with van der Waals surface area (Å²) in [7, 11) is -3.21. The summed E-state index contributed by atoms with van der Waals surface area (Å²) in [5, 5.41) is 0. The number of benzene rings is 2. The summed E-state index contributed by atoms with van der Waals surface area (Å²) in [5.74, 6) is 1.41. The zero-order chi connectivity index (χ0) is 17.2. The molecule has 0 amide bonds. The van der Waals surface area contributed by atoms with E-state index >= 15 is 0 Å². The molecule has 0 bridgehead atoms. The van der Waals surface area contributed by atoms with Crippen molar-refractivity contribution in [3.8, 4) is 22.6 Å². The molecule has 3 aromatic rings. The average molecular weight is 341 g/mol. The average Bonchev–Trinajstić information content (AvgIpc) is 2.99. The Labute approximate surface area is 142 Å². The molecule has 0 saturated carbocycles. The van der Waals surface area contributed by atoms with Crippen LogP contribution in [0, 0.1) is 0 Å². The maximum absolute atomic E-state index is 11.6. The molecule has 0 fully saturated rings. The van der Waals surface area contributed by atoms with Crippen LogP contribution in [0.5, 0.6) is 0 Å². The minimum absolute atomic E-state index is 0.296. The highest BCUT2D eigenvalue weighted by atomic mass is 32.2. The van der Waals surface area contributed by atoms with Gasteiger partial charge < -0.3 is 4.42 Å². The van der Waals surface area contributed by atoms with Gasteiger partial charge in [0.1, 0.15) is 5.69 Å². The first-order valence-corrected chi connectivity index (χ1v) is 9.74. The van der Waals surface area contributed by atoms with Gasteiger partial charge in [-0.05, 0) is 18.6 Å². The highest BCUT2D eigenvalue weighted by Gasteiger charge is 2.17. The highest BCUT2D eigenvalue weighted by Crippen LogP contribution is 2.33. The summed E-state index contributed by atoms with van der Waals surface area (Å²) >= 11 is 0. The lowest BCUT2D eigenvalue weighted by atomic mass is 10.1. The predicted octanol–water partition coefficient (Wildman–Crippen LogP) is 4.36. The summed E-state index contributed by atoms with van der Waals surface area (Å²) in [5.41, 5.74) is 2.53. The summed E-state index contributed by atoms with van der Waals surface area (Å²) in [4.78, 5) is 4.92. The molecule has 124 valence electrons. The minimum atomic E-state index is -3.21. The Kier molecular flexibility index (Phi) is 4.53. The summed E-state index contributed by atoms with van der Waals surface area (Å²) in [6, 6.07) is 16.6. The van der Waals surface area contributed by atoms with E-state index in [-0.39, 0.29) is 0 Å². The zero-order valence-corrected chi connectivity index (χ0v) is 14.5. The Morgan fingerprint density at radius 1 is 0.958 bits per heavy atom. The third-order valence-corrected chi connectivity index (χ3v) is 4.86. The van der Waals surface area contributed by atoms with Crippen LogP contribution >= 0.6 is 0 Å². The van der Waals surface area contributed by atoms with Gasteiger partial charge in [0, 0.05) is 23.8 Å². The van der Waals surface area contributed by atoms with E-state index in [1.165, 1.54) is 6.26 Å². The summed E-state index contributed by atoms with van der Waals surface area (Å²) in [6.45, 7) is 2.08. The van der Waals surface area contributed by atoms with Crippen molar-refractivity contribution in [3.05, 3.63) is 60.5 Å². The molecule has 2 aromatic carbocycles. The molecule has 0 atom stereocenters. The normalized spacial score (nSPS) is 11.6. The molecule has 24 heavy (non-hydrogen) atoms. The maximum atomic E-state index is 11.6. The second-order valence-electron chi connectivity index (χ2n) is 5.70. The van der Waals surface area contributed by atoms with Crippen molar-refractivity contribution < 1.29 is 12.8 Å². The van der Waals surface area contributed by atoms with Gasteiger partial charge >= 0.3 is 0 Å². The Hall–Kier alpha value is -2.40. The van der Waals surface area contributed by atoms with Gasteiger partial charge in [-0.3, -0.25) is 0 Å². The molecule has 0 spiro atoms. The lowest BCUT2D eigenvalue weighted by Crippen LogP contribution is -1.96. The van der Waals surface area contributed by atoms with Crippen molar-refractivity contribution in [1.29, 1.82) is 0 Å². The fourth-order valence-corrected chi connectivity index (χ4v) is 3.16. The van der Waals surface area contributed by atoms with Crippen LogP contribution in [-0.4, -0.2) is 19.7 Å². The molecule has 1 aromatic heterocycles. The lowest BCUT2D eigenvalue weighted by molar-refractivity contribution is 0.503. The molecule has 0 aliphatic carbocycles. The summed E-state index contributed by atoms with van der Waals surface area (Å²) < 4.78 is 29.2. The van der Waals surface area contributed by atoms with Crippen molar-refractivity contribution in [2.24, 2.45) is 0 Å². The Balaban J connectivity index is 2.09. The van der Waals surface area contributed by atoms with Gasteiger partial charge in [-0.15, -0.1) is 0 Å². The fourth-order valence-electron chi connectivity index (χ4n) is 2.53. The third kappa shape index (κ3) is 3.41. The number of rotatable bonds is 5. The number of sulfone groups is 1. The number of hydrogen-bond donors (Lipinski definition) is 0. The van der Waals surface area contributed by atoms with Gasteiger partial charge in [0.2, 0.25) is 0 Å². The fraction of sp³-hybridized carbons (Fsp3) is 0.211. The molecular formula is C19H19NO3S. The number of aromatic nitrogens is 1. The van der Waals surface area contributed by atoms with Crippen molar-refractivity contribution in [2.75, 3.05) is 6.26 Å². The molecule has 0 saturated heterocycles. The van der Waals surface area contributed by atoms with Gasteiger partial charge in [-0.25, -0.2) is 13.4 Å². The zero-order valence-electron chi connectivity index (χ0n) is 13.7. The van der Waals surface area contributed by atoms with Gasteiger partial charge in [-0.1, -0.05) is 49.4 Å². The molecule has 1 heterocycles. The monoisotopic (exact) mass is 341 g/mol. The van der Waals surface area contributed by atoms with Gasteiger partial charge in [-0.2, -0.15) is 0 Å². The molecular weight excluding hydrogens is 322 g/mol. The maximum Gasteiger partial charge on any atom is 0.195 e. The molecule has 0 radical (unpaired) electrons. The number of aryl methyl sites for hydroxylation is 1. The quantitative estimate of drug-likeness (QED) is 0.691. The van der Waals surface area contributed by atoms with Crippen LogP contribution in [0.25, 0.3) is 22.6 Å². The first-order valence-electron chi connectivity index (χ1n) is 7.84. The van der Waals surface area contributed by atoms with E-state index in [4.69, 9.17) is 4.42 Å². The Morgan fingerprint density at radius 3 is 2.21 bits per heavy atom. The summed E-state index contributed by atoms with van der Waals surface area (Å²) in [6.07, 6.45) is 2.91. The van der Waals surface area contributed by atoms with Crippen molar-refractivity contribution in [1.82, 2.24) is 4.98 Å². The van der Waals surface area contributed by atoms with Gasteiger partial charge in [0.05, 0.1) is 4.90 Å². The van der Waals surface area contributed by atoms with E-state index in [9.17, 15) is 8.42 Å². The first-order chi connectivity index (χ1) is 11.5.